The summed E-state index contributed by atoms with van der Waals surface area (Å²) in [5.74, 6) is 0.381. The number of nitrogens with one attached hydrogen (secondary N) is 1. The largest absolute Gasteiger partial charge is 0.362 e. The molecular formula is C24H24N4O3S. The number of carbonyl (C=O) groups is 1. The number of amides is 1. The van der Waals surface area contributed by atoms with E-state index >= 15 is 0 Å². The molecule has 5 rings (SSSR count). The zero-order valence-corrected chi connectivity index (χ0v) is 18.7. The van der Waals surface area contributed by atoms with E-state index in [1.54, 1.807) is 12.1 Å². The van der Waals surface area contributed by atoms with Crippen molar-refractivity contribution in [2.75, 3.05) is 18.9 Å². The topological polar surface area (TPSA) is 91.7 Å². The summed E-state index contributed by atoms with van der Waals surface area (Å²) in [6.07, 6.45) is 4.27. The van der Waals surface area contributed by atoms with Crippen molar-refractivity contribution in [2.24, 2.45) is 4.40 Å². The number of aryl methyl sites for hydroxylation is 1. The van der Waals surface area contributed by atoms with Gasteiger partial charge in [-0.1, -0.05) is 18.2 Å². The highest BCUT2D eigenvalue weighted by Crippen LogP contribution is 2.30. The van der Waals surface area contributed by atoms with Gasteiger partial charge in [-0.3, -0.25) is 9.78 Å². The molecule has 1 N–H and O–H groups in total. The van der Waals surface area contributed by atoms with E-state index in [0.717, 1.165) is 54.4 Å². The molecule has 0 spiro atoms. The molecule has 7 nitrogen and oxygen atoms in total. The summed E-state index contributed by atoms with van der Waals surface area (Å²) in [7, 11) is -1.94. The first kappa shape index (κ1) is 20.6. The Kier molecular flexibility index (Phi) is 5.17. The molecule has 1 aliphatic heterocycles. The summed E-state index contributed by atoms with van der Waals surface area (Å²) < 4.78 is 29.3. The number of hydrogen-bond donors (Lipinski definition) is 1. The van der Waals surface area contributed by atoms with Gasteiger partial charge in [0.15, 0.2) is 0 Å². The van der Waals surface area contributed by atoms with Crippen LogP contribution in [0.2, 0.25) is 0 Å². The van der Waals surface area contributed by atoms with E-state index in [0.29, 0.717) is 23.5 Å². The van der Waals surface area contributed by atoms with Gasteiger partial charge in [0, 0.05) is 36.8 Å². The Morgan fingerprint density at radius 3 is 2.56 bits per heavy atom. The molecule has 0 saturated carbocycles. The lowest BCUT2D eigenvalue weighted by Crippen LogP contribution is -2.20. The Morgan fingerprint density at radius 2 is 1.81 bits per heavy atom. The normalized spacial score (nSPS) is 17.2. The summed E-state index contributed by atoms with van der Waals surface area (Å²) in [4.78, 5) is 20.0. The van der Waals surface area contributed by atoms with Gasteiger partial charge in [0.05, 0.1) is 16.0 Å². The van der Waals surface area contributed by atoms with Gasteiger partial charge in [-0.05, 0) is 61.6 Å². The number of likely N-dealkylation sites (tertiary alicyclic amines) is 1. The summed E-state index contributed by atoms with van der Waals surface area (Å²) in [5.41, 5.74) is 4.02. The number of aromatic nitrogens is 1. The molecule has 2 aromatic carbocycles. The smallest absolute Gasteiger partial charge is 0.283 e. The number of rotatable bonds is 4. The van der Waals surface area contributed by atoms with Crippen LogP contribution in [0.15, 0.2) is 57.8 Å². The van der Waals surface area contributed by atoms with Gasteiger partial charge < -0.3 is 10.2 Å². The van der Waals surface area contributed by atoms with Crippen LogP contribution >= 0.6 is 0 Å². The van der Waals surface area contributed by atoms with Crippen molar-refractivity contribution in [3.8, 4) is 0 Å². The molecule has 0 atom stereocenters. The second-order valence-electron chi connectivity index (χ2n) is 8.27. The fourth-order valence-corrected chi connectivity index (χ4v) is 5.57. The van der Waals surface area contributed by atoms with Gasteiger partial charge in [0.2, 0.25) is 0 Å². The maximum atomic E-state index is 13.3. The Labute approximate surface area is 187 Å². The molecule has 32 heavy (non-hydrogen) atoms. The van der Waals surface area contributed by atoms with Crippen LogP contribution in [-0.4, -0.2) is 43.6 Å². The third kappa shape index (κ3) is 3.75. The maximum absolute atomic E-state index is 13.3. The number of anilines is 1. The average molecular weight is 449 g/mol. The zero-order chi connectivity index (χ0) is 22.3. The third-order valence-electron chi connectivity index (χ3n) is 6.12. The van der Waals surface area contributed by atoms with Crippen LogP contribution < -0.4 is 5.32 Å². The monoisotopic (exact) mass is 448 g/mol. The number of sulfonamides is 1. The lowest BCUT2D eigenvalue weighted by atomic mass is 10.0. The highest BCUT2D eigenvalue weighted by atomic mass is 32.2. The predicted molar refractivity (Wildman–Crippen MR) is 125 cm³/mol. The molecule has 1 aromatic heterocycles. The Hall–Kier alpha value is -3.26. The van der Waals surface area contributed by atoms with Crippen LogP contribution in [0.1, 0.15) is 40.9 Å². The van der Waals surface area contributed by atoms with E-state index < -0.39 is 10.0 Å². The SMILES string of the molecule is CN1CCC/C1=N/S(=O)(=O)c1ccc(NC(=O)c2c3c(nc4ccccc24)CCC3)cc1. The maximum Gasteiger partial charge on any atom is 0.283 e. The van der Waals surface area contributed by atoms with Crippen LogP contribution in [0.3, 0.4) is 0 Å². The average Bonchev–Trinajstić information content (AvgIpc) is 3.40. The summed E-state index contributed by atoms with van der Waals surface area (Å²) >= 11 is 0. The van der Waals surface area contributed by atoms with Crippen LogP contribution in [-0.2, 0) is 22.9 Å². The number of pyridine rings is 1. The van der Waals surface area contributed by atoms with Crippen LogP contribution in [0.4, 0.5) is 5.69 Å². The molecule has 1 aliphatic carbocycles. The molecule has 0 unspecified atom stereocenters. The quantitative estimate of drug-likeness (QED) is 0.656. The summed E-state index contributed by atoms with van der Waals surface area (Å²) in [5, 5.41) is 3.77. The number of fused-ring (bicyclic) bond motifs is 2. The highest BCUT2D eigenvalue weighted by molar-refractivity contribution is 7.90. The minimum atomic E-state index is -3.79. The number of nitrogens with zero attached hydrogens (tertiary/aromatic N) is 3. The fourth-order valence-electron chi connectivity index (χ4n) is 4.48. The Bertz CT molecular complexity index is 1350. The lowest BCUT2D eigenvalue weighted by molar-refractivity contribution is 0.102. The minimum absolute atomic E-state index is 0.110. The minimum Gasteiger partial charge on any atom is -0.362 e. The number of amidine groups is 1. The van der Waals surface area contributed by atoms with E-state index in [1.807, 2.05) is 36.2 Å². The first-order valence-corrected chi connectivity index (χ1v) is 12.2. The second-order valence-corrected chi connectivity index (χ2v) is 9.87. The Morgan fingerprint density at radius 1 is 1.03 bits per heavy atom. The van der Waals surface area contributed by atoms with E-state index in [4.69, 9.17) is 4.98 Å². The number of hydrogen-bond acceptors (Lipinski definition) is 4. The van der Waals surface area contributed by atoms with Gasteiger partial charge in [-0.15, -0.1) is 4.40 Å². The van der Waals surface area contributed by atoms with E-state index in [1.165, 1.54) is 12.1 Å². The van der Waals surface area contributed by atoms with Crippen molar-refractivity contribution < 1.29 is 13.2 Å². The predicted octanol–water partition coefficient (Wildman–Crippen LogP) is 3.79. The van der Waals surface area contributed by atoms with E-state index in [2.05, 4.69) is 9.71 Å². The van der Waals surface area contributed by atoms with Crippen molar-refractivity contribution in [3.63, 3.8) is 0 Å². The molecule has 0 bridgehead atoms. The molecule has 1 fully saturated rings. The molecular weight excluding hydrogens is 424 g/mol. The van der Waals surface area contributed by atoms with Gasteiger partial charge in [-0.2, -0.15) is 8.42 Å². The van der Waals surface area contributed by atoms with Gasteiger partial charge in [-0.25, -0.2) is 0 Å². The van der Waals surface area contributed by atoms with Crippen LogP contribution in [0.25, 0.3) is 10.9 Å². The van der Waals surface area contributed by atoms with E-state index in [9.17, 15) is 13.2 Å². The molecule has 1 amide bonds. The standard InChI is InChI=1S/C24H24N4O3S/c1-28-15-5-10-22(28)27-32(30,31)17-13-11-16(12-14-17)25-24(29)23-18-6-2-3-8-20(18)26-21-9-4-7-19(21)23/h2-3,6,8,11-14H,4-5,7,9-10,15H2,1H3,(H,25,29)/b27-22-. The summed E-state index contributed by atoms with van der Waals surface area (Å²) in [6.45, 7) is 0.812. The zero-order valence-electron chi connectivity index (χ0n) is 17.8. The van der Waals surface area contributed by atoms with Crippen molar-refractivity contribution in [1.82, 2.24) is 9.88 Å². The second kappa shape index (κ2) is 8.02. The molecule has 164 valence electrons. The third-order valence-corrected chi connectivity index (χ3v) is 7.44. The van der Waals surface area contributed by atoms with Gasteiger partial charge in [0.1, 0.15) is 5.84 Å². The van der Waals surface area contributed by atoms with Crippen molar-refractivity contribution in [3.05, 3.63) is 65.4 Å². The molecule has 0 radical (unpaired) electrons. The molecule has 2 aliphatic rings. The number of para-hydroxylation sites is 1. The van der Waals surface area contributed by atoms with Crippen molar-refractivity contribution >= 4 is 38.4 Å². The first-order chi connectivity index (χ1) is 15.4. The molecule has 2 heterocycles. The molecule has 1 saturated heterocycles. The van der Waals surface area contributed by atoms with Crippen LogP contribution in [0, 0.1) is 0 Å². The number of benzene rings is 2. The molecule has 3 aromatic rings. The lowest BCUT2D eigenvalue weighted by Gasteiger charge is -2.13. The molecule has 8 heteroatoms. The van der Waals surface area contributed by atoms with Gasteiger partial charge >= 0.3 is 0 Å². The Balaban J connectivity index is 1.42. The first-order valence-electron chi connectivity index (χ1n) is 10.8. The van der Waals surface area contributed by atoms with Gasteiger partial charge in [0.25, 0.3) is 15.9 Å². The van der Waals surface area contributed by atoms with Crippen LogP contribution in [0.5, 0.6) is 0 Å². The highest BCUT2D eigenvalue weighted by Gasteiger charge is 2.24. The van der Waals surface area contributed by atoms with E-state index in [-0.39, 0.29) is 10.8 Å². The van der Waals surface area contributed by atoms with Crippen molar-refractivity contribution in [1.29, 1.82) is 0 Å². The van der Waals surface area contributed by atoms with Crippen molar-refractivity contribution in [2.45, 2.75) is 37.0 Å². The summed E-state index contributed by atoms with van der Waals surface area (Å²) in [6, 6.07) is 13.9. The number of carbonyl (C=O) groups excluding carboxylic acids is 1. The fraction of sp³-hybridized carbons (Fsp3) is 0.292.